The number of aromatic nitrogens is 6. The van der Waals surface area contributed by atoms with Crippen LogP contribution in [-0.4, -0.2) is 28.7 Å². The van der Waals surface area contributed by atoms with Crippen LogP contribution in [0.15, 0.2) is 401 Å². The van der Waals surface area contributed by atoms with Gasteiger partial charge in [-0.2, -0.15) is 0 Å². The quantitative estimate of drug-likeness (QED) is 0.135. The van der Waals surface area contributed by atoms with E-state index in [9.17, 15) is 0 Å². The van der Waals surface area contributed by atoms with Gasteiger partial charge >= 0.3 is 20.1 Å². The van der Waals surface area contributed by atoms with E-state index >= 15 is 0 Å². The molecular weight excluding hydrogens is 1480 g/mol. The number of hydrogen-bond donors (Lipinski definition) is 0. The minimum atomic E-state index is 0. The number of para-hydroxylation sites is 6. The van der Waals surface area contributed by atoms with E-state index < -0.39 is 0 Å². The summed E-state index contributed by atoms with van der Waals surface area (Å²) in [6.07, 6.45) is 5.54. The standard InChI is InChI=1S/C54H36N4.3C15H10N.Ir/c1-7-19-49-43(13-1)44-14-2-8-20-50(44)56(49)40-31-25-37(26-32-40)55(38-27-33-41(34-28-38)57-51-21-9-3-15-45(51)46-16-4-10-22-52(46)57)39-29-35-42(36-30-39)58-53-23-11-5-17-47(53)48-18-6-12-24-54(48)58;3*1-2-7-13(8-3-1)15-14-9-5-4-6-12(14)10-11-16-15;/h1-36H;3*1-7,9-11H;/q;3*-1;+3. The molecule has 21 aromatic rings. The predicted octanol–water partition coefficient (Wildman–Crippen LogP) is 25.6. The molecule has 0 aliphatic carbocycles. The second-order valence-corrected chi connectivity index (χ2v) is 26.0. The third-order valence-corrected chi connectivity index (χ3v) is 19.8. The third-order valence-electron chi connectivity index (χ3n) is 19.8. The molecule has 0 N–H and O–H groups in total. The van der Waals surface area contributed by atoms with Crippen LogP contribution in [0.5, 0.6) is 0 Å². The van der Waals surface area contributed by atoms with E-state index in [-0.39, 0.29) is 20.1 Å². The predicted molar refractivity (Wildman–Crippen MR) is 442 cm³/mol. The molecule has 6 aromatic heterocycles. The van der Waals surface area contributed by atoms with Crippen molar-refractivity contribution in [1.29, 1.82) is 0 Å². The molecule has 0 radical (unpaired) electrons. The van der Waals surface area contributed by atoms with Gasteiger partial charge in [-0.1, -0.05) is 182 Å². The fourth-order valence-corrected chi connectivity index (χ4v) is 14.9. The maximum absolute atomic E-state index is 4.45. The number of nitrogens with zero attached hydrogens (tertiary/aromatic N) is 7. The maximum atomic E-state index is 4.45. The Kier molecular flexibility index (Phi) is 18.7. The van der Waals surface area contributed by atoms with E-state index in [1.165, 1.54) is 97.7 Å². The molecule has 0 saturated heterocycles. The molecule has 0 aliphatic heterocycles. The van der Waals surface area contributed by atoms with Crippen LogP contribution in [0.25, 0.3) is 149 Å². The fraction of sp³-hybridized carbons (Fsp3) is 0. The van der Waals surface area contributed by atoms with E-state index in [0.29, 0.717) is 0 Å². The molecule has 6 heterocycles. The van der Waals surface area contributed by atoms with Crippen LogP contribution in [0, 0.1) is 18.2 Å². The molecule has 0 saturated carbocycles. The zero-order valence-corrected chi connectivity index (χ0v) is 60.5. The van der Waals surface area contributed by atoms with Crippen LogP contribution < -0.4 is 4.90 Å². The number of pyridine rings is 3. The molecule has 8 heteroatoms. The molecule has 21 rings (SSSR count). The Morgan fingerprint density at radius 1 is 0.206 bits per heavy atom. The van der Waals surface area contributed by atoms with E-state index in [1.807, 2.05) is 146 Å². The Morgan fingerprint density at radius 2 is 0.421 bits per heavy atom. The van der Waals surface area contributed by atoms with Gasteiger partial charge in [0.1, 0.15) is 0 Å². The summed E-state index contributed by atoms with van der Waals surface area (Å²) in [5.74, 6) is 0. The van der Waals surface area contributed by atoms with Crippen molar-refractivity contribution in [2.45, 2.75) is 0 Å². The van der Waals surface area contributed by atoms with Crippen molar-refractivity contribution in [3.8, 4) is 50.8 Å². The Morgan fingerprint density at radius 3 is 0.654 bits per heavy atom. The minimum absolute atomic E-state index is 0. The van der Waals surface area contributed by atoms with Gasteiger partial charge in [-0.15, -0.1) is 108 Å². The summed E-state index contributed by atoms with van der Waals surface area (Å²) in [5.41, 5.74) is 20.0. The average Bonchev–Trinajstić information content (AvgIpc) is 1.60. The summed E-state index contributed by atoms with van der Waals surface area (Å²) >= 11 is 0. The molecular formula is C99H66IrN7. The average molecular weight is 1550 g/mol. The van der Waals surface area contributed by atoms with Crippen molar-refractivity contribution in [1.82, 2.24) is 28.7 Å². The molecule has 107 heavy (non-hydrogen) atoms. The van der Waals surface area contributed by atoms with E-state index in [2.05, 4.69) is 307 Å². The summed E-state index contributed by atoms with van der Waals surface area (Å²) < 4.78 is 7.12. The Hall–Kier alpha value is -13.6. The Bertz CT molecular complexity index is 5870. The van der Waals surface area contributed by atoms with Gasteiger partial charge in [-0.3, -0.25) is 0 Å². The van der Waals surface area contributed by atoms with Crippen molar-refractivity contribution >= 4 is 115 Å². The molecule has 0 amide bonds. The number of hydrogen-bond acceptors (Lipinski definition) is 4. The van der Waals surface area contributed by atoms with Crippen LogP contribution in [0.2, 0.25) is 0 Å². The number of fused-ring (bicyclic) bond motifs is 12. The summed E-state index contributed by atoms with van der Waals surface area (Å²) in [5, 5.41) is 14.7. The first-order valence-electron chi connectivity index (χ1n) is 35.6. The Labute approximate surface area is 633 Å². The summed E-state index contributed by atoms with van der Waals surface area (Å²) in [6.45, 7) is 0. The molecule has 15 aromatic carbocycles. The molecule has 506 valence electrons. The molecule has 0 fully saturated rings. The molecule has 0 aliphatic rings. The topological polar surface area (TPSA) is 56.7 Å². The van der Waals surface area contributed by atoms with Crippen LogP contribution in [-0.2, 0) is 20.1 Å². The monoisotopic (exact) mass is 1550 g/mol. The molecule has 0 unspecified atom stereocenters. The zero-order chi connectivity index (χ0) is 70.5. The van der Waals surface area contributed by atoms with E-state index in [1.54, 1.807) is 0 Å². The maximum Gasteiger partial charge on any atom is 3.00 e. The number of benzene rings is 15. The van der Waals surface area contributed by atoms with Gasteiger partial charge in [0.15, 0.2) is 0 Å². The zero-order valence-electron chi connectivity index (χ0n) is 58.1. The summed E-state index contributed by atoms with van der Waals surface area (Å²) in [4.78, 5) is 15.7. The van der Waals surface area contributed by atoms with Crippen LogP contribution >= 0.6 is 0 Å². The molecule has 0 spiro atoms. The van der Waals surface area contributed by atoms with Crippen LogP contribution in [0.1, 0.15) is 0 Å². The second kappa shape index (κ2) is 30.0. The first-order chi connectivity index (χ1) is 52.6. The summed E-state index contributed by atoms with van der Waals surface area (Å²) in [7, 11) is 0. The first kappa shape index (κ1) is 66.6. The molecule has 7 nitrogen and oxygen atoms in total. The van der Waals surface area contributed by atoms with Gasteiger partial charge < -0.3 is 33.6 Å². The number of anilines is 3. The molecule has 0 bridgehead atoms. The van der Waals surface area contributed by atoms with Crippen LogP contribution in [0.4, 0.5) is 17.1 Å². The van der Waals surface area contributed by atoms with Gasteiger partial charge in [0.25, 0.3) is 0 Å². The van der Waals surface area contributed by atoms with Gasteiger partial charge in [-0.05, 0) is 177 Å². The van der Waals surface area contributed by atoms with Gasteiger partial charge in [-0.25, -0.2) is 0 Å². The van der Waals surface area contributed by atoms with E-state index in [4.69, 9.17) is 0 Å². The van der Waals surface area contributed by atoms with Crippen molar-refractivity contribution in [3.05, 3.63) is 419 Å². The van der Waals surface area contributed by atoms with Gasteiger partial charge in [0.05, 0.1) is 33.1 Å². The fourth-order valence-electron chi connectivity index (χ4n) is 14.9. The first-order valence-corrected chi connectivity index (χ1v) is 35.6. The minimum Gasteiger partial charge on any atom is -0.310 e. The van der Waals surface area contributed by atoms with Gasteiger partial charge in [0.2, 0.25) is 0 Å². The van der Waals surface area contributed by atoms with E-state index in [0.717, 1.165) is 67.9 Å². The number of rotatable bonds is 9. The Balaban J connectivity index is 0.000000137. The SMILES string of the molecule is [Ir+3].[c-]1ccccc1-c1nccc2ccccc12.[c-]1ccccc1-c1nccc2ccccc12.[c-]1ccccc1-c1nccc2ccccc12.c1ccc2c(c1)c1ccccc1n2-c1ccc(N(c2ccc(-n3c4ccccc4c4ccccc43)cc2)c2ccc(-n3c4ccccc4c4ccccc43)cc2)cc1. The smallest absolute Gasteiger partial charge is 0.310 e. The van der Waals surface area contributed by atoms with Crippen molar-refractivity contribution < 1.29 is 20.1 Å². The van der Waals surface area contributed by atoms with Gasteiger partial charge in [0, 0.05) is 85.0 Å². The van der Waals surface area contributed by atoms with Crippen molar-refractivity contribution in [2.24, 2.45) is 0 Å². The third kappa shape index (κ3) is 13.0. The normalized spacial score (nSPS) is 11.1. The second-order valence-electron chi connectivity index (χ2n) is 26.0. The van der Waals surface area contributed by atoms with Crippen LogP contribution in [0.3, 0.4) is 0 Å². The largest absolute Gasteiger partial charge is 3.00 e. The van der Waals surface area contributed by atoms with Crippen molar-refractivity contribution in [2.75, 3.05) is 4.90 Å². The van der Waals surface area contributed by atoms with Crippen molar-refractivity contribution in [3.63, 3.8) is 0 Å². The molecule has 0 atom stereocenters. The summed E-state index contributed by atoms with van der Waals surface area (Å²) in [6, 6.07) is 143.